The van der Waals surface area contributed by atoms with Crippen molar-refractivity contribution in [1.82, 2.24) is 4.57 Å². The molecule has 22 heavy (non-hydrogen) atoms. The first kappa shape index (κ1) is 15.0. The molecule has 0 bridgehead atoms. The second-order valence-electron chi connectivity index (χ2n) is 5.90. The van der Waals surface area contributed by atoms with Gasteiger partial charge in [0.25, 0.3) is 0 Å². The van der Waals surface area contributed by atoms with Crippen molar-refractivity contribution in [3.05, 3.63) is 64.8 Å². The van der Waals surface area contributed by atoms with Gasteiger partial charge in [0.1, 0.15) is 12.4 Å². The van der Waals surface area contributed by atoms with Crippen LogP contribution in [-0.2, 0) is 6.61 Å². The Hall–Kier alpha value is -1.93. The molecule has 3 rings (SSSR count). The summed E-state index contributed by atoms with van der Waals surface area (Å²) in [6.07, 6.45) is 2.15. The summed E-state index contributed by atoms with van der Waals surface area (Å²) in [5, 5.41) is 1.95. The highest BCUT2D eigenvalue weighted by molar-refractivity contribution is 6.35. The SMILES string of the molecule is Cc1cccc(OCc2cn(C(C)C)c3c(Cl)cccc23)c1. The Morgan fingerprint density at radius 2 is 1.91 bits per heavy atom. The summed E-state index contributed by atoms with van der Waals surface area (Å²) in [6, 6.07) is 14.5. The molecule has 3 aromatic rings. The van der Waals surface area contributed by atoms with E-state index in [9.17, 15) is 0 Å². The third-order valence-corrected chi connectivity index (χ3v) is 4.13. The maximum absolute atomic E-state index is 6.40. The van der Waals surface area contributed by atoms with E-state index in [1.165, 1.54) is 5.56 Å². The first-order valence-electron chi connectivity index (χ1n) is 7.53. The van der Waals surface area contributed by atoms with Gasteiger partial charge >= 0.3 is 0 Å². The molecule has 0 spiro atoms. The molecule has 0 amide bonds. The molecule has 2 nitrogen and oxygen atoms in total. The number of fused-ring (bicyclic) bond motifs is 1. The van der Waals surface area contributed by atoms with Gasteiger partial charge in [0.05, 0.1) is 10.5 Å². The minimum atomic E-state index is 0.357. The van der Waals surface area contributed by atoms with E-state index in [-0.39, 0.29) is 0 Å². The van der Waals surface area contributed by atoms with Gasteiger partial charge in [-0.2, -0.15) is 0 Å². The summed E-state index contributed by atoms with van der Waals surface area (Å²) in [5.41, 5.74) is 3.44. The molecule has 114 valence electrons. The lowest BCUT2D eigenvalue weighted by molar-refractivity contribution is 0.307. The van der Waals surface area contributed by atoms with E-state index in [0.717, 1.165) is 27.2 Å². The van der Waals surface area contributed by atoms with E-state index < -0.39 is 0 Å². The highest BCUT2D eigenvalue weighted by atomic mass is 35.5. The van der Waals surface area contributed by atoms with Crippen molar-refractivity contribution >= 4 is 22.5 Å². The maximum atomic E-state index is 6.40. The van der Waals surface area contributed by atoms with Gasteiger partial charge in [0, 0.05) is 23.2 Å². The Morgan fingerprint density at radius 1 is 1.14 bits per heavy atom. The Kier molecular flexibility index (Phi) is 4.12. The largest absolute Gasteiger partial charge is 0.489 e. The predicted molar refractivity (Wildman–Crippen MR) is 92.8 cm³/mol. The standard InChI is InChI=1S/C19H20ClNO/c1-13(2)21-11-15(17-8-5-9-18(20)19(17)21)12-22-16-7-4-6-14(3)10-16/h4-11,13H,12H2,1-3H3. The lowest BCUT2D eigenvalue weighted by Crippen LogP contribution is -1.99. The van der Waals surface area contributed by atoms with Crippen molar-refractivity contribution in [2.75, 3.05) is 0 Å². The number of ether oxygens (including phenoxy) is 1. The molecule has 0 saturated carbocycles. The number of benzene rings is 2. The monoisotopic (exact) mass is 313 g/mol. The summed E-state index contributed by atoms with van der Waals surface area (Å²) < 4.78 is 8.17. The lowest BCUT2D eigenvalue weighted by atomic mass is 10.2. The van der Waals surface area contributed by atoms with Gasteiger partial charge in [-0.3, -0.25) is 0 Å². The molecular formula is C19H20ClNO. The average Bonchev–Trinajstić information content (AvgIpc) is 2.86. The molecule has 0 fully saturated rings. The molecule has 0 aliphatic heterocycles. The number of hydrogen-bond donors (Lipinski definition) is 0. The van der Waals surface area contributed by atoms with E-state index in [1.807, 2.05) is 24.3 Å². The molecule has 1 aromatic heterocycles. The van der Waals surface area contributed by atoms with Crippen LogP contribution in [0.25, 0.3) is 10.9 Å². The highest BCUT2D eigenvalue weighted by Crippen LogP contribution is 2.31. The van der Waals surface area contributed by atoms with Crippen LogP contribution in [0.2, 0.25) is 5.02 Å². The smallest absolute Gasteiger partial charge is 0.120 e. The van der Waals surface area contributed by atoms with Crippen LogP contribution in [0.15, 0.2) is 48.7 Å². The zero-order valence-electron chi connectivity index (χ0n) is 13.1. The fourth-order valence-corrected chi connectivity index (χ4v) is 3.00. The zero-order chi connectivity index (χ0) is 15.7. The first-order valence-corrected chi connectivity index (χ1v) is 7.91. The molecule has 0 radical (unpaired) electrons. The third kappa shape index (κ3) is 2.84. The Balaban J connectivity index is 1.96. The lowest BCUT2D eigenvalue weighted by Gasteiger charge is -2.09. The van der Waals surface area contributed by atoms with Gasteiger partial charge in [-0.15, -0.1) is 0 Å². The van der Waals surface area contributed by atoms with E-state index in [0.29, 0.717) is 12.6 Å². The molecule has 0 atom stereocenters. The van der Waals surface area contributed by atoms with Crippen molar-refractivity contribution in [3.63, 3.8) is 0 Å². The van der Waals surface area contributed by atoms with E-state index >= 15 is 0 Å². The number of aromatic nitrogens is 1. The van der Waals surface area contributed by atoms with Crippen LogP contribution >= 0.6 is 11.6 Å². The summed E-state index contributed by atoms with van der Waals surface area (Å²) >= 11 is 6.40. The summed E-state index contributed by atoms with van der Waals surface area (Å²) in [7, 11) is 0. The third-order valence-electron chi connectivity index (χ3n) is 3.83. The van der Waals surface area contributed by atoms with Gasteiger partial charge in [0.2, 0.25) is 0 Å². The van der Waals surface area contributed by atoms with Crippen LogP contribution in [0.1, 0.15) is 31.0 Å². The second-order valence-corrected chi connectivity index (χ2v) is 6.30. The maximum Gasteiger partial charge on any atom is 0.120 e. The van der Waals surface area contributed by atoms with Crippen molar-refractivity contribution in [3.8, 4) is 5.75 Å². The zero-order valence-corrected chi connectivity index (χ0v) is 13.9. The molecule has 3 heteroatoms. The minimum Gasteiger partial charge on any atom is -0.489 e. The molecule has 2 aromatic carbocycles. The van der Waals surface area contributed by atoms with Gasteiger partial charge in [-0.1, -0.05) is 35.9 Å². The highest BCUT2D eigenvalue weighted by Gasteiger charge is 2.13. The van der Waals surface area contributed by atoms with Crippen LogP contribution in [0.5, 0.6) is 5.75 Å². The fourth-order valence-electron chi connectivity index (χ4n) is 2.73. The quantitative estimate of drug-likeness (QED) is 0.597. The van der Waals surface area contributed by atoms with Crippen LogP contribution in [-0.4, -0.2) is 4.57 Å². The van der Waals surface area contributed by atoms with E-state index in [4.69, 9.17) is 16.3 Å². The average molecular weight is 314 g/mol. The van der Waals surface area contributed by atoms with Crippen molar-refractivity contribution < 1.29 is 4.74 Å². The topological polar surface area (TPSA) is 14.2 Å². The number of para-hydroxylation sites is 1. The van der Waals surface area contributed by atoms with E-state index in [2.05, 4.69) is 49.7 Å². The van der Waals surface area contributed by atoms with Crippen LogP contribution in [0.3, 0.4) is 0 Å². The van der Waals surface area contributed by atoms with Crippen LogP contribution < -0.4 is 4.74 Å². The normalized spacial score (nSPS) is 11.3. The Morgan fingerprint density at radius 3 is 2.64 bits per heavy atom. The molecule has 0 saturated heterocycles. The Bertz CT molecular complexity index is 804. The van der Waals surface area contributed by atoms with Crippen LogP contribution in [0, 0.1) is 6.92 Å². The summed E-state index contributed by atoms with van der Waals surface area (Å²) in [6.45, 7) is 6.93. The number of nitrogens with zero attached hydrogens (tertiary/aromatic N) is 1. The molecule has 1 heterocycles. The van der Waals surface area contributed by atoms with E-state index in [1.54, 1.807) is 0 Å². The second kappa shape index (κ2) is 6.05. The number of hydrogen-bond acceptors (Lipinski definition) is 1. The minimum absolute atomic E-state index is 0.357. The number of rotatable bonds is 4. The molecule has 0 N–H and O–H groups in total. The van der Waals surface area contributed by atoms with Crippen molar-refractivity contribution in [2.45, 2.75) is 33.4 Å². The summed E-state index contributed by atoms with van der Waals surface area (Å²) in [5.74, 6) is 0.896. The predicted octanol–water partition coefficient (Wildman–Crippen LogP) is 5.76. The molecule has 0 unspecified atom stereocenters. The van der Waals surface area contributed by atoms with Gasteiger partial charge in [0.15, 0.2) is 0 Å². The van der Waals surface area contributed by atoms with Crippen molar-refractivity contribution in [2.24, 2.45) is 0 Å². The van der Waals surface area contributed by atoms with Gasteiger partial charge < -0.3 is 9.30 Å². The summed E-state index contributed by atoms with van der Waals surface area (Å²) in [4.78, 5) is 0. The van der Waals surface area contributed by atoms with Gasteiger partial charge in [-0.05, 0) is 44.5 Å². The number of halogens is 1. The van der Waals surface area contributed by atoms with Crippen LogP contribution in [0.4, 0.5) is 0 Å². The Labute approximate surface area is 136 Å². The molecule has 0 aliphatic carbocycles. The molecular weight excluding hydrogens is 294 g/mol. The fraction of sp³-hybridized carbons (Fsp3) is 0.263. The van der Waals surface area contributed by atoms with Gasteiger partial charge in [-0.25, -0.2) is 0 Å². The number of aryl methyl sites for hydroxylation is 1. The first-order chi connectivity index (χ1) is 10.6. The van der Waals surface area contributed by atoms with Crippen molar-refractivity contribution in [1.29, 1.82) is 0 Å². The molecule has 0 aliphatic rings.